The predicted octanol–water partition coefficient (Wildman–Crippen LogP) is 2.45. The third kappa shape index (κ3) is 9.45. The van der Waals surface area contributed by atoms with Crippen LogP contribution in [0.3, 0.4) is 0 Å². The van der Waals surface area contributed by atoms with Crippen LogP contribution in [0.15, 0.2) is 78.9 Å². The first-order valence-corrected chi connectivity index (χ1v) is 17.8. The fourth-order valence-electron chi connectivity index (χ4n) is 7.25. The van der Waals surface area contributed by atoms with Crippen LogP contribution < -0.4 is 10.1 Å². The molecule has 3 aromatic rings. The van der Waals surface area contributed by atoms with E-state index in [4.69, 9.17) is 18.9 Å². The van der Waals surface area contributed by atoms with E-state index in [-0.39, 0.29) is 19.6 Å². The van der Waals surface area contributed by atoms with Gasteiger partial charge in [-0.2, -0.15) is 0 Å². The number of hydrogen-bond donors (Lipinski definition) is 4. The molecule has 2 heterocycles. The third-order valence-corrected chi connectivity index (χ3v) is 10.1. The molecule has 0 unspecified atom stereocenters. The number of rotatable bonds is 14. The van der Waals surface area contributed by atoms with Crippen molar-refractivity contribution < 1.29 is 43.9 Å². The Labute approximate surface area is 298 Å². The van der Waals surface area contributed by atoms with Gasteiger partial charge in [-0.25, -0.2) is 4.79 Å². The molecule has 4 N–H and O–H groups in total. The van der Waals surface area contributed by atoms with Gasteiger partial charge in [0.05, 0.1) is 44.7 Å². The second-order valence-electron chi connectivity index (χ2n) is 13.6. The van der Waals surface area contributed by atoms with Crippen LogP contribution in [-0.4, -0.2) is 127 Å². The smallest absolute Gasteiger partial charge is 0.408 e. The number of morpholine rings is 1. The van der Waals surface area contributed by atoms with Crippen LogP contribution >= 0.6 is 0 Å². The van der Waals surface area contributed by atoms with E-state index in [0.29, 0.717) is 25.2 Å². The standard InChI is InChI=1S/C39H49N3O9/c1-41(37-30-10-6-5-9-28(30)22-34(37)44)38(46)32(40-39(47)51-36-25-49-24-35(36)45)23-33(43)31(21-26-7-3-2-4-8-26)27-11-13-29(14-12-27)50-20-17-42-15-18-48-19-16-42/h2-14,31-37,43-45H,15-25H2,1H3,(H,40,47)/t31-,32+,33-,34+,35+,36+,37-/m0/s1. The Hall–Kier alpha value is -4.04. The first kappa shape index (κ1) is 36.7. The lowest BCUT2D eigenvalue weighted by Gasteiger charge is -2.33. The van der Waals surface area contributed by atoms with Crippen LogP contribution in [0.2, 0.25) is 0 Å². The molecular weight excluding hydrogens is 654 g/mol. The van der Waals surface area contributed by atoms with Crippen molar-refractivity contribution in [3.05, 3.63) is 101 Å². The van der Waals surface area contributed by atoms with Gasteiger partial charge in [0.1, 0.15) is 24.5 Å². The molecule has 274 valence electrons. The Morgan fingerprint density at radius 1 is 0.941 bits per heavy atom. The van der Waals surface area contributed by atoms with Gasteiger partial charge in [-0.1, -0.05) is 66.7 Å². The van der Waals surface area contributed by atoms with Crippen molar-refractivity contribution in [1.29, 1.82) is 0 Å². The van der Waals surface area contributed by atoms with Gasteiger partial charge in [-0.05, 0) is 40.8 Å². The van der Waals surface area contributed by atoms with Crippen molar-refractivity contribution in [2.75, 3.05) is 59.7 Å². The summed E-state index contributed by atoms with van der Waals surface area (Å²) in [4.78, 5) is 31.2. The second-order valence-corrected chi connectivity index (χ2v) is 13.6. The second kappa shape index (κ2) is 17.5. The van der Waals surface area contributed by atoms with Crippen LogP contribution in [-0.2, 0) is 31.8 Å². The van der Waals surface area contributed by atoms with Crippen LogP contribution in [0.25, 0.3) is 0 Å². The van der Waals surface area contributed by atoms with Crippen molar-refractivity contribution >= 4 is 12.0 Å². The molecule has 7 atom stereocenters. The molecule has 0 spiro atoms. The summed E-state index contributed by atoms with van der Waals surface area (Å²) < 4.78 is 22.1. The predicted molar refractivity (Wildman–Crippen MR) is 188 cm³/mol. The van der Waals surface area contributed by atoms with E-state index in [9.17, 15) is 24.9 Å². The molecule has 3 aliphatic rings. The number of benzene rings is 3. The van der Waals surface area contributed by atoms with Crippen molar-refractivity contribution in [3.8, 4) is 5.75 Å². The lowest BCUT2D eigenvalue weighted by atomic mass is 9.84. The van der Waals surface area contributed by atoms with Gasteiger partial charge in [-0.3, -0.25) is 9.69 Å². The van der Waals surface area contributed by atoms with Gasteiger partial charge < -0.3 is 44.5 Å². The topological polar surface area (TPSA) is 150 Å². The fourth-order valence-corrected chi connectivity index (χ4v) is 7.25. The zero-order chi connectivity index (χ0) is 35.7. The summed E-state index contributed by atoms with van der Waals surface area (Å²) in [7, 11) is 1.60. The Morgan fingerprint density at radius 3 is 2.39 bits per heavy atom. The van der Waals surface area contributed by atoms with Gasteiger partial charge in [0.25, 0.3) is 0 Å². The maximum absolute atomic E-state index is 14.3. The summed E-state index contributed by atoms with van der Waals surface area (Å²) in [5.74, 6) is -0.221. The van der Waals surface area contributed by atoms with Crippen LogP contribution in [0, 0.1) is 0 Å². The molecule has 2 aliphatic heterocycles. The lowest BCUT2D eigenvalue weighted by Crippen LogP contribution is -2.52. The van der Waals surface area contributed by atoms with Gasteiger partial charge in [-0.15, -0.1) is 0 Å². The van der Waals surface area contributed by atoms with Crippen molar-refractivity contribution in [2.45, 2.75) is 61.7 Å². The lowest BCUT2D eigenvalue weighted by molar-refractivity contribution is -0.137. The minimum Gasteiger partial charge on any atom is -0.492 e. The van der Waals surface area contributed by atoms with Crippen molar-refractivity contribution in [1.82, 2.24) is 15.1 Å². The summed E-state index contributed by atoms with van der Waals surface area (Å²) in [6, 6.07) is 23.2. The van der Waals surface area contributed by atoms with Crippen LogP contribution in [0.1, 0.15) is 40.6 Å². The molecule has 0 radical (unpaired) electrons. The monoisotopic (exact) mass is 703 g/mol. The average Bonchev–Trinajstić information content (AvgIpc) is 3.71. The third-order valence-electron chi connectivity index (χ3n) is 10.1. The number of alkyl carbamates (subject to hydrolysis) is 1. The first-order chi connectivity index (χ1) is 24.8. The number of aliphatic hydroxyl groups is 3. The quantitative estimate of drug-likeness (QED) is 0.197. The summed E-state index contributed by atoms with van der Waals surface area (Å²) in [5.41, 5.74) is 3.63. The van der Waals surface area contributed by atoms with Crippen LogP contribution in [0.5, 0.6) is 5.75 Å². The number of carbonyl (C=O) groups excluding carboxylic acids is 2. The summed E-state index contributed by atoms with van der Waals surface area (Å²) in [6.45, 7) is 4.65. The number of amides is 2. The molecule has 1 aliphatic carbocycles. The highest BCUT2D eigenvalue weighted by atomic mass is 16.6. The average molecular weight is 704 g/mol. The Balaban J connectivity index is 1.20. The van der Waals surface area contributed by atoms with E-state index in [1.54, 1.807) is 7.05 Å². The van der Waals surface area contributed by atoms with E-state index in [2.05, 4.69) is 10.2 Å². The molecular formula is C39H49N3O9. The molecule has 3 aromatic carbocycles. The Bertz CT molecular complexity index is 1570. The van der Waals surface area contributed by atoms with Crippen LogP contribution in [0.4, 0.5) is 4.79 Å². The zero-order valence-electron chi connectivity index (χ0n) is 29.0. The first-order valence-electron chi connectivity index (χ1n) is 17.8. The molecule has 0 aromatic heterocycles. The number of nitrogens with zero attached hydrogens (tertiary/aromatic N) is 2. The van der Waals surface area contributed by atoms with Gasteiger partial charge in [0, 0.05) is 45.4 Å². The van der Waals surface area contributed by atoms with Gasteiger partial charge in [0.2, 0.25) is 5.91 Å². The largest absolute Gasteiger partial charge is 0.492 e. The minimum absolute atomic E-state index is 0.0346. The molecule has 12 heteroatoms. The van der Waals surface area contributed by atoms with Gasteiger partial charge >= 0.3 is 6.09 Å². The maximum atomic E-state index is 14.3. The molecule has 0 bridgehead atoms. The number of aliphatic hydroxyl groups excluding tert-OH is 3. The molecule has 2 saturated heterocycles. The van der Waals surface area contributed by atoms with Crippen molar-refractivity contribution in [2.24, 2.45) is 0 Å². The molecule has 6 rings (SSSR count). The molecule has 51 heavy (non-hydrogen) atoms. The Morgan fingerprint density at radius 2 is 1.67 bits per heavy atom. The summed E-state index contributed by atoms with van der Waals surface area (Å²) in [6.07, 6.45) is -3.96. The van der Waals surface area contributed by atoms with E-state index >= 15 is 0 Å². The van der Waals surface area contributed by atoms with E-state index in [0.717, 1.165) is 55.1 Å². The molecule has 12 nitrogen and oxygen atoms in total. The highest BCUT2D eigenvalue weighted by molar-refractivity contribution is 5.86. The maximum Gasteiger partial charge on any atom is 0.408 e. The number of hydrogen-bond acceptors (Lipinski definition) is 10. The normalized spacial score (nSPS) is 23.5. The molecule has 2 fully saturated rings. The number of nitrogens with one attached hydrogen (secondary N) is 1. The fraction of sp³-hybridized carbons (Fsp3) is 0.487. The SMILES string of the molecule is CN(C(=O)[C@@H](C[C@H](O)[C@@H](Cc1ccccc1)c1ccc(OCCN2CCOCC2)cc1)NC(=O)O[C@@H]1COC[C@H]1O)[C@H]1c2ccccc2C[C@H]1O. The highest BCUT2D eigenvalue weighted by Crippen LogP contribution is 2.36. The Kier molecular flexibility index (Phi) is 12.6. The summed E-state index contributed by atoms with van der Waals surface area (Å²) >= 11 is 0. The minimum atomic E-state index is -1.21. The van der Waals surface area contributed by atoms with Gasteiger partial charge in [0.15, 0.2) is 6.10 Å². The number of carbonyl (C=O) groups is 2. The highest BCUT2D eigenvalue weighted by Gasteiger charge is 2.40. The number of fused-ring (bicyclic) bond motifs is 1. The van der Waals surface area contributed by atoms with E-state index in [1.165, 1.54) is 4.90 Å². The van der Waals surface area contributed by atoms with E-state index < -0.39 is 54.4 Å². The molecule has 0 saturated carbocycles. The molecule has 2 amide bonds. The zero-order valence-corrected chi connectivity index (χ0v) is 29.0. The number of ether oxygens (including phenoxy) is 4. The van der Waals surface area contributed by atoms with Crippen molar-refractivity contribution in [3.63, 3.8) is 0 Å². The number of likely N-dealkylation sites (N-methyl/N-ethyl adjacent to an activating group) is 1. The summed E-state index contributed by atoms with van der Waals surface area (Å²) in [5, 5.41) is 35.8. The van der Waals surface area contributed by atoms with E-state index in [1.807, 2.05) is 78.9 Å².